The molecule has 0 fully saturated rings. The largest absolute Gasteiger partial charge is 0.598 e. The number of hydrogen-bond donors (Lipinski definition) is 1. The lowest BCUT2D eigenvalue weighted by atomic mass is 10.3. The van der Waals surface area contributed by atoms with Crippen LogP contribution in [-0.4, -0.2) is 22.1 Å². The van der Waals surface area contributed by atoms with Crippen LogP contribution in [0.15, 0.2) is 0 Å². The topological polar surface area (TPSA) is 44.3 Å². The average molecular weight is 193 g/mol. The normalized spacial score (nSPS) is 17.5. The van der Waals surface area contributed by atoms with Gasteiger partial charge in [-0.05, 0) is 34.6 Å². The van der Waals surface area contributed by atoms with Crippen molar-refractivity contribution in [1.29, 1.82) is 0 Å². The second-order valence-electron chi connectivity index (χ2n) is 3.60. The molecule has 0 aliphatic heterocycles. The molecule has 12 heavy (non-hydrogen) atoms. The lowest BCUT2D eigenvalue weighted by Crippen LogP contribution is -2.44. The molecule has 3 nitrogen and oxygen atoms in total. The average Bonchev–Trinajstić information content (AvgIpc) is 1.85. The second-order valence-corrected chi connectivity index (χ2v) is 5.59. The Kier molecular flexibility index (Phi) is 5.16. The summed E-state index contributed by atoms with van der Waals surface area (Å²) in [5.74, 6) is 0. The van der Waals surface area contributed by atoms with E-state index in [9.17, 15) is 4.55 Å². The quantitative estimate of drug-likeness (QED) is 0.542. The van der Waals surface area contributed by atoms with Crippen molar-refractivity contribution in [1.82, 2.24) is 4.72 Å². The fraction of sp³-hybridized carbons (Fsp3) is 1.00. The van der Waals surface area contributed by atoms with Gasteiger partial charge in [-0.25, -0.2) is 0 Å². The van der Waals surface area contributed by atoms with Gasteiger partial charge in [-0.15, -0.1) is 4.72 Å². The summed E-state index contributed by atoms with van der Waals surface area (Å²) >= 11 is -1.04. The first kappa shape index (κ1) is 12.2. The lowest BCUT2D eigenvalue weighted by molar-refractivity contribution is 0.0684. The van der Waals surface area contributed by atoms with E-state index in [2.05, 4.69) is 4.72 Å². The first-order valence-electron chi connectivity index (χ1n) is 4.17. The lowest BCUT2D eigenvalue weighted by Gasteiger charge is -2.26. The van der Waals surface area contributed by atoms with E-state index in [1.54, 1.807) is 0 Å². The van der Waals surface area contributed by atoms with Gasteiger partial charge in [0.2, 0.25) is 0 Å². The molecule has 0 aromatic carbocycles. The molecule has 0 saturated heterocycles. The maximum atomic E-state index is 11.5. The zero-order valence-corrected chi connectivity index (χ0v) is 9.33. The van der Waals surface area contributed by atoms with Gasteiger partial charge < -0.3 is 9.29 Å². The maximum Gasteiger partial charge on any atom is 0.147 e. The van der Waals surface area contributed by atoms with Crippen LogP contribution >= 0.6 is 0 Å². The first-order valence-corrected chi connectivity index (χ1v) is 5.32. The molecule has 0 amide bonds. The van der Waals surface area contributed by atoms with E-state index in [1.165, 1.54) is 0 Å². The van der Waals surface area contributed by atoms with Crippen LogP contribution in [0.5, 0.6) is 0 Å². The summed E-state index contributed by atoms with van der Waals surface area (Å²) in [6, 6.07) is 0. The smallest absolute Gasteiger partial charge is 0.147 e. The Morgan fingerprint density at radius 3 is 2.33 bits per heavy atom. The third-order valence-electron chi connectivity index (χ3n) is 1.25. The molecule has 0 aromatic rings. The van der Waals surface area contributed by atoms with Crippen LogP contribution in [0, 0.1) is 0 Å². The Morgan fingerprint density at radius 2 is 2.00 bits per heavy atom. The number of nitrogens with one attached hydrogen (secondary N) is 1. The van der Waals surface area contributed by atoms with Gasteiger partial charge in [0.1, 0.15) is 11.0 Å². The monoisotopic (exact) mass is 193 g/mol. The van der Waals surface area contributed by atoms with Crippen molar-refractivity contribution in [3.8, 4) is 0 Å². The van der Waals surface area contributed by atoms with Gasteiger partial charge in [-0.3, -0.25) is 0 Å². The molecular weight excluding hydrogens is 174 g/mol. The van der Waals surface area contributed by atoms with E-state index in [1.807, 2.05) is 34.6 Å². The third-order valence-corrected chi connectivity index (χ3v) is 2.90. The highest BCUT2D eigenvalue weighted by Crippen LogP contribution is 2.13. The molecule has 1 unspecified atom stereocenters. The summed E-state index contributed by atoms with van der Waals surface area (Å²) in [4.78, 5) is 0. The van der Waals surface area contributed by atoms with E-state index in [4.69, 9.17) is 4.74 Å². The molecule has 4 heteroatoms. The van der Waals surface area contributed by atoms with Crippen LogP contribution in [-0.2, 0) is 16.1 Å². The predicted molar refractivity (Wildman–Crippen MR) is 52.1 cm³/mol. The number of ether oxygens (including phenoxy) is 1. The molecule has 0 aliphatic carbocycles. The van der Waals surface area contributed by atoms with Crippen molar-refractivity contribution >= 4 is 11.4 Å². The Labute approximate surface area is 78.2 Å². The summed E-state index contributed by atoms with van der Waals surface area (Å²) in [5, 5.41) is 0. The molecule has 0 aliphatic rings. The fourth-order valence-electron chi connectivity index (χ4n) is 0.612. The van der Waals surface area contributed by atoms with Crippen LogP contribution in [0.25, 0.3) is 0 Å². The van der Waals surface area contributed by atoms with E-state index in [0.29, 0.717) is 6.61 Å². The van der Waals surface area contributed by atoms with Crippen molar-refractivity contribution in [3.63, 3.8) is 0 Å². The number of hydrogen-bond acceptors (Lipinski definition) is 3. The van der Waals surface area contributed by atoms with Gasteiger partial charge in [0.25, 0.3) is 0 Å². The predicted octanol–water partition coefficient (Wildman–Crippen LogP) is 1.42. The standard InChI is InChI=1S/C8H19NO2S/c1-6-11-7(2)9-12(10)8(3,4)5/h7,9H,6H2,1-5H3/t7-,12?/m0/s1. The molecule has 0 saturated carbocycles. The van der Waals surface area contributed by atoms with Gasteiger partial charge in [0.15, 0.2) is 0 Å². The molecule has 2 atom stereocenters. The summed E-state index contributed by atoms with van der Waals surface area (Å²) in [6.07, 6.45) is -0.143. The second kappa shape index (κ2) is 5.07. The molecule has 0 aromatic heterocycles. The van der Waals surface area contributed by atoms with Gasteiger partial charge in [0.05, 0.1) is 0 Å². The van der Waals surface area contributed by atoms with Gasteiger partial charge in [-0.1, -0.05) is 0 Å². The third kappa shape index (κ3) is 4.98. The zero-order chi connectivity index (χ0) is 9.78. The zero-order valence-electron chi connectivity index (χ0n) is 8.51. The Bertz CT molecular complexity index is 125. The molecule has 0 rings (SSSR count). The van der Waals surface area contributed by atoms with Crippen molar-refractivity contribution in [3.05, 3.63) is 0 Å². The van der Waals surface area contributed by atoms with Crippen LogP contribution in [0.4, 0.5) is 0 Å². The van der Waals surface area contributed by atoms with Crippen LogP contribution < -0.4 is 4.72 Å². The maximum absolute atomic E-state index is 11.5. The summed E-state index contributed by atoms with van der Waals surface area (Å²) in [6.45, 7) is 10.2. The van der Waals surface area contributed by atoms with Crippen molar-refractivity contribution in [2.45, 2.75) is 45.6 Å². The van der Waals surface area contributed by atoms with Gasteiger partial charge in [-0.2, -0.15) is 0 Å². The summed E-state index contributed by atoms with van der Waals surface area (Å²) in [7, 11) is 0. The molecule has 0 bridgehead atoms. The molecule has 0 radical (unpaired) electrons. The Hall–Kier alpha value is 0.230. The van der Waals surface area contributed by atoms with Crippen molar-refractivity contribution in [2.75, 3.05) is 6.61 Å². The van der Waals surface area contributed by atoms with Crippen molar-refractivity contribution < 1.29 is 9.29 Å². The molecule has 1 N–H and O–H groups in total. The van der Waals surface area contributed by atoms with Gasteiger partial charge in [0, 0.05) is 18.0 Å². The first-order chi connectivity index (χ1) is 5.38. The molecule has 0 heterocycles. The van der Waals surface area contributed by atoms with E-state index in [0.717, 1.165) is 0 Å². The van der Waals surface area contributed by atoms with E-state index < -0.39 is 11.4 Å². The van der Waals surface area contributed by atoms with E-state index in [-0.39, 0.29) is 11.0 Å². The Morgan fingerprint density at radius 1 is 1.50 bits per heavy atom. The van der Waals surface area contributed by atoms with Gasteiger partial charge >= 0.3 is 0 Å². The molecule has 0 spiro atoms. The van der Waals surface area contributed by atoms with Crippen LogP contribution in [0.2, 0.25) is 0 Å². The van der Waals surface area contributed by atoms with Crippen molar-refractivity contribution in [2.24, 2.45) is 0 Å². The fourth-order valence-corrected chi connectivity index (χ4v) is 1.33. The molecule has 74 valence electrons. The minimum atomic E-state index is -1.04. The van der Waals surface area contributed by atoms with E-state index >= 15 is 0 Å². The summed E-state index contributed by atoms with van der Waals surface area (Å²) < 4.78 is 19.3. The minimum Gasteiger partial charge on any atom is -0.598 e. The SMILES string of the molecule is CCO[C@@H](C)N[S+]([O-])C(C)(C)C. The van der Waals surface area contributed by atoms with Crippen LogP contribution in [0.3, 0.4) is 0 Å². The molecular formula is C8H19NO2S. The Balaban J connectivity index is 3.76. The van der Waals surface area contributed by atoms with Crippen LogP contribution in [0.1, 0.15) is 34.6 Å². The number of rotatable bonds is 4. The highest BCUT2D eigenvalue weighted by atomic mass is 32.2. The minimum absolute atomic E-state index is 0.143. The summed E-state index contributed by atoms with van der Waals surface area (Å²) in [5.41, 5.74) is 0. The highest BCUT2D eigenvalue weighted by molar-refractivity contribution is 7.90. The highest BCUT2D eigenvalue weighted by Gasteiger charge is 2.27.